The summed E-state index contributed by atoms with van der Waals surface area (Å²) in [4.78, 5) is 0. The third kappa shape index (κ3) is 1.91. The highest BCUT2D eigenvalue weighted by Gasteiger charge is 2.06. The van der Waals surface area contributed by atoms with Crippen LogP contribution < -0.4 is 5.43 Å². The molecule has 3 nitrogen and oxygen atoms in total. The average molecular weight is 238 g/mol. The summed E-state index contributed by atoms with van der Waals surface area (Å²) in [5, 5.41) is 12.2. The van der Waals surface area contributed by atoms with Gasteiger partial charge in [-0.15, -0.1) is 0 Å². The predicted molar refractivity (Wildman–Crippen MR) is 73.1 cm³/mol. The van der Waals surface area contributed by atoms with Gasteiger partial charge in [-0.25, -0.2) is 0 Å². The number of aromatic nitrogens is 1. The normalized spacial score (nSPS) is 10.7. The number of hydrogen-bond acceptors (Lipinski definition) is 2. The molecule has 0 aliphatic rings. The second kappa shape index (κ2) is 4.45. The van der Waals surface area contributed by atoms with Crippen molar-refractivity contribution in [2.45, 2.75) is 6.54 Å². The molecule has 1 heterocycles. The van der Waals surface area contributed by atoms with E-state index in [1.807, 2.05) is 59.5 Å². The van der Waals surface area contributed by atoms with Crippen molar-refractivity contribution in [2.24, 2.45) is 0 Å². The second-order valence-electron chi connectivity index (χ2n) is 4.21. The summed E-state index contributed by atoms with van der Waals surface area (Å²) in [6, 6.07) is 15.7. The molecule has 3 heteroatoms. The van der Waals surface area contributed by atoms with Crippen molar-refractivity contribution in [3.8, 4) is 5.75 Å². The van der Waals surface area contributed by atoms with Crippen molar-refractivity contribution < 1.29 is 5.11 Å². The number of hydrogen-bond donors (Lipinski definition) is 2. The van der Waals surface area contributed by atoms with E-state index >= 15 is 0 Å². The van der Waals surface area contributed by atoms with Crippen molar-refractivity contribution in [1.29, 1.82) is 0 Å². The van der Waals surface area contributed by atoms with Crippen LogP contribution in [0.25, 0.3) is 10.8 Å². The molecule has 0 aliphatic heterocycles. The average Bonchev–Trinajstić information content (AvgIpc) is 2.91. The molecule has 0 amide bonds. The lowest BCUT2D eigenvalue weighted by Gasteiger charge is -2.12. The van der Waals surface area contributed by atoms with E-state index in [0.29, 0.717) is 12.3 Å². The maximum atomic E-state index is 9.99. The maximum absolute atomic E-state index is 9.99. The first kappa shape index (κ1) is 10.7. The molecule has 90 valence electrons. The van der Waals surface area contributed by atoms with E-state index in [4.69, 9.17) is 0 Å². The van der Waals surface area contributed by atoms with Gasteiger partial charge in [-0.05, 0) is 29.0 Å². The number of fused-ring (bicyclic) bond motifs is 1. The zero-order valence-corrected chi connectivity index (χ0v) is 9.88. The van der Waals surface area contributed by atoms with Crippen LogP contribution in [0.5, 0.6) is 5.75 Å². The molecular weight excluding hydrogens is 224 g/mol. The molecule has 0 saturated heterocycles. The molecule has 3 aromatic rings. The molecule has 2 N–H and O–H groups in total. The van der Waals surface area contributed by atoms with E-state index in [1.54, 1.807) is 6.07 Å². The van der Waals surface area contributed by atoms with E-state index in [-0.39, 0.29) is 0 Å². The molecule has 0 spiro atoms. The monoisotopic (exact) mass is 238 g/mol. The van der Waals surface area contributed by atoms with E-state index in [2.05, 4.69) is 5.43 Å². The van der Waals surface area contributed by atoms with Gasteiger partial charge in [0.15, 0.2) is 0 Å². The minimum Gasteiger partial charge on any atom is -0.508 e. The summed E-state index contributed by atoms with van der Waals surface area (Å²) in [6.45, 7) is 0.585. The van der Waals surface area contributed by atoms with E-state index in [9.17, 15) is 5.11 Å². The van der Waals surface area contributed by atoms with Crippen LogP contribution in [0.3, 0.4) is 0 Å². The molecular formula is C15H14N2O. The molecule has 0 atom stereocenters. The second-order valence-corrected chi connectivity index (χ2v) is 4.21. The highest BCUT2D eigenvalue weighted by molar-refractivity contribution is 5.87. The Kier molecular flexibility index (Phi) is 2.65. The maximum Gasteiger partial charge on any atom is 0.121 e. The van der Waals surface area contributed by atoms with Crippen LogP contribution in [-0.2, 0) is 6.54 Å². The summed E-state index contributed by atoms with van der Waals surface area (Å²) < 4.78 is 1.88. The van der Waals surface area contributed by atoms with Crippen LogP contribution >= 0.6 is 0 Å². The summed E-state index contributed by atoms with van der Waals surface area (Å²) in [6.07, 6.45) is 3.87. The smallest absolute Gasteiger partial charge is 0.121 e. The van der Waals surface area contributed by atoms with Gasteiger partial charge < -0.3 is 10.5 Å². The first-order valence-electron chi connectivity index (χ1n) is 5.91. The summed E-state index contributed by atoms with van der Waals surface area (Å²) in [5.74, 6) is 0.327. The number of nitrogens with one attached hydrogen (secondary N) is 1. The van der Waals surface area contributed by atoms with Crippen LogP contribution in [0, 0.1) is 0 Å². The quantitative estimate of drug-likeness (QED) is 0.735. The number of phenolic OH excluding ortho intramolecular Hbond substituents is 1. The van der Waals surface area contributed by atoms with Gasteiger partial charge in [-0.1, -0.05) is 30.3 Å². The van der Waals surface area contributed by atoms with Crippen LogP contribution in [-0.4, -0.2) is 9.78 Å². The Hall–Kier alpha value is -2.42. The van der Waals surface area contributed by atoms with E-state index in [1.165, 1.54) is 0 Å². The molecule has 0 radical (unpaired) electrons. The first-order valence-corrected chi connectivity index (χ1v) is 5.91. The summed E-state index contributed by atoms with van der Waals surface area (Å²) in [5.41, 5.74) is 4.15. The van der Waals surface area contributed by atoms with Gasteiger partial charge in [0, 0.05) is 18.0 Å². The molecule has 1 aromatic heterocycles. The molecule has 0 bridgehead atoms. The topological polar surface area (TPSA) is 37.2 Å². The minimum absolute atomic E-state index is 0.327. The third-order valence-electron chi connectivity index (χ3n) is 3.06. The molecule has 0 fully saturated rings. The predicted octanol–water partition coefficient (Wildman–Crippen LogP) is 3.09. The van der Waals surface area contributed by atoms with Gasteiger partial charge in [-0.3, -0.25) is 4.68 Å². The lowest BCUT2D eigenvalue weighted by atomic mass is 10.0. The lowest BCUT2D eigenvalue weighted by Crippen LogP contribution is -2.12. The fraction of sp³-hybridized carbons (Fsp3) is 0.0667. The van der Waals surface area contributed by atoms with Gasteiger partial charge >= 0.3 is 0 Å². The van der Waals surface area contributed by atoms with Crippen LogP contribution in [0.15, 0.2) is 60.9 Å². The molecule has 0 saturated carbocycles. The van der Waals surface area contributed by atoms with Crippen molar-refractivity contribution in [3.05, 3.63) is 66.5 Å². The Morgan fingerprint density at radius 1 is 0.944 bits per heavy atom. The number of benzene rings is 2. The fourth-order valence-corrected chi connectivity index (χ4v) is 2.12. The van der Waals surface area contributed by atoms with Crippen LogP contribution in [0.4, 0.5) is 0 Å². The van der Waals surface area contributed by atoms with E-state index in [0.717, 1.165) is 16.3 Å². The number of rotatable bonds is 3. The SMILES string of the molecule is Oc1ccc2ccccc2c1CNn1cccc1. The lowest BCUT2D eigenvalue weighted by molar-refractivity contribution is 0.469. The van der Waals surface area contributed by atoms with Crippen molar-refractivity contribution >= 4 is 10.8 Å². The molecule has 2 aromatic carbocycles. The highest BCUT2D eigenvalue weighted by Crippen LogP contribution is 2.26. The first-order chi connectivity index (χ1) is 8.84. The van der Waals surface area contributed by atoms with Crippen LogP contribution in [0.1, 0.15) is 5.56 Å². The van der Waals surface area contributed by atoms with Gasteiger partial charge in [0.25, 0.3) is 0 Å². The van der Waals surface area contributed by atoms with E-state index < -0.39 is 0 Å². The fourth-order valence-electron chi connectivity index (χ4n) is 2.12. The largest absolute Gasteiger partial charge is 0.508 e. The highest BCUT2D eigenvalue weighted by atomic mass is 16.3. The molecule has 0 aliphatic carbocycles. The summed E-state index contributed by atoms with van der Waals surface area (Å²) >= 11 is 0. The van der Waals surface area contributed by atoms with Crippen molar-refractivity contribution in [1.82, 2.24) is 4.68 Å². The molecule has 0 unspecified atom stereocenters. The van der Waals surface area contributed by atoms with Crippen molar-refractivity contribution in [2.75, 3.05) is 5.43 Å². The Bertz CT molecular complexity index is 659. The number of aromatic hydroxyl groups is 1. The number of phenols is 1. The van der Waals surface area contributed by atoms with Gasteiger partial charge in [0.2, 0.25) is 0 Å². The van der Waals surface area contributed by atoms with Gasteiger partial charge in [-0.2, -0.15) is 0 Å². The standard InChI is InChI=1S/C15H14N2O/c18-15-8-7-12-5-1-2-6-13(12)14(15)11-16-17-9-3-4-10-17/h1-10,16,18H,11H2. The Morgan fingerprint density at radius 2 is 1.72 bits per heavy atom. The third-order valence-corrected chi connectivity index (χ3v) is 3.06. The minimum atomic E-state index is 0.327. The zero-order valence-electron chi connectivity index (χ0n) is 9.88. The zero-order chi connectivity index (χ0) is 12.4. The van der Waals surface area contributed by atoms with Gasteiger partial charge in [0.1, 0.15) is 5.75 Å². The Balaban J connectivity index is 1.97. The molecule has 18 heavy (non-hydrogen) atoms. The van der Waals surface area contributed by atoms with Gasteiger partial charge in [0.05, 0.1) is 6.54 Å². The Labute approximate surface area is 105 Å². The van der Waals surface area contributed by atoms with Crippen LogP contribution in [0.2, 0.25) is 0 Å². The number of nitrogens with zero attached hydrogens (tertiary/aromatic N) is 1. The Morgan fingerprint density at radius 3 is 2.56 bits per heavy atom. The van der Waals surface area contributed by atoms with Crippen molar-refractivity contribution in [3.63, 3.8) is 0 Å². The summed E-state index contributed by atoms with van der Waals surface area (Å²) in [7, 11) is 0. The molecule has 3 rings (SSSR count).